The van der Waals surface area contributed by atoms with Gasteiger partial charge in [0.25, 0.3) is 0 Å². The summed E-state index contributed by atoms with van der Waals surface area (Å²) in [6.45, 7) is 4.67. The molecule has 0 aromatic heterocycles. The van der Waals surface area contributed by atoms with Gasteiger partial charge in [0.1, 0.15) is 0 Å². The van der Waals surface area contributed by atoms with Crippen LogP contribution in [0.3, 0.4) is 0 Å². The Balaban J connectivity index is 2.30. The molecule has 2 amide bonds. The average molecular weight is 272 g/mol. The summed E-state index contributed by atoms with van der Waals surface area (Å²) >= 11 is 1.68. The lowest BCUT2D eigenvalue weighted by molar-refractivity contribution is -0.140. The molecule has 18 heavy (non-hydrogen) atoms. The van der Waals surface area contributed by atoms with Crippen molar-refractivity contribution in [3.63, 3.8) is 0 Å². The smallest absolute Gasteiger partial charge is 0.315 e. The van der Waals surface area contributed by atoms with Crippen LogP contribution >= 0.6 is 11.8 Å². The van der Waals surface area contributed by atoms with Crippen LogP contribution in [0.15, 0.2) is 12.2 Å². The number of urea groups is 1. The summed E-state index contributed by atoms with van der Waals surface area (Å²) in [5.74, 6) is -1.34. The number of carboxylic acids is 1. The summed E-state index contributed by atoms with van der Waals surface area (Å²) < 4.78 is -0.00749. The van der Waals surface area contributed by atoms with Gasteiger partial charge in [0.05, 0.1) is 12.0 Å². The molecule has 6 heteroatoms. The lowest BCUT2D eigenvalue weighted by Gasteiger charge is -2.23. The van der Waals surface area contributed by atoms with Crippen molar-refractivity contribution in [1.29, 1.82) is 0 Å². The maximum atomic E-state index is 11.6. The van der Waals surface area contributed by atoms with Crippen LogP contribution in [0.5, 0.6) is 0 Å². The fourth-order valence-electron chi connectivity index (χ4n) is 1.57. The molecule has 0 saturated heterocycles. The van der Waals surface area contributed by atoms with Gasteiger partial charge in [-0.1, -0.05) is 12.2 Å². The molecular formula is C12H20N2O3S. The van der Waals surface area contributed by atoms with E-state index in [0.717, 1.165) is 0 Å². The Bertz CT molecular complexity index is 355. The van der Waals surface area contributed by atoms with Crippen molar-refractivity contribution in [3.05, 3.63) is 12.2 Å². The van der Waals surface area contributed by atoms with Crippen LogP contribution in [0.25, 0.3) is 0 Å². The topological polar surface area (TPSA) is 78.4 Å². The van der Waals surface area contributed by atoms with Gasteiger partial charge < -0.3 is 15.7 Å². The third-order valence-corrected chi connectivity index (χ3v) is 4.19. The number of rotatable bonds is 5. The second-order valence-corrected chi connectivity index (χ2v) is 6.48. The fourth-order valence-corrected chi connectivity index (χ4v) is 1.79. The standard InChI is InChI=1S/C12H20N2O3S/c1-12(2,18-3)7-13-11(17)14-9-5-4-8(6-9)10(15)16/h4-5,8-9H,6-7H2,1-3H3,(H,15,16)(H2,13,14,17). The highest BCUT2D eigenvalue weighted by atomic mass is 32.2. The molecule has 1 aliphatic carbocycles. The van der Waals surface area contributed by atoms with Crippen molar-refractivity contribution in [3.8, 4) is 0 Å². The zero-order valence-corrected chi connectivity index (χ0v) is 11.7. The quantitative estimate of drug-likeness (QED) is 0.662. The first kappa shape index (κ1) is 14.9. The van der Waals surface area contributed by atoms with E-state index in [9.17, 15) is 9.59 Å². The van der Waals surface area contributed by atoms with E-state index in [0.29, 0.717) is 13.0 Å². The van der Waals surface area contributed by atoms with Crippen LogP contribution in [0.1, 0.15) is 20.3 Å². The van der Waals surface area contributed by atoms with Gasteiger partial charge in [0.2, 0.25) is 0 Å². The molecular weight excluding hydrogens is 252 g/mol. The van der Waals surface area contributed by atoms with E-state index in [4.69, 9.17) is 5.11 Å². The minimum absolute atomic E-state index is 0.00749. The SMILES string of the molecule is CSC(C)(C)CNC(=O)NC1C=CC(C(=O)O)C1. The van der Waals surface area contributed by atoms with Gasteiger partial charge in [-0.3, -0.25) is 4.79 Å². The summed E-state index contributed by atoms with van der Waals surface area (Å²) in [7, 11) is 0. The zero-order valence-electron chi connectivity index (χ0n) is 10.9. The molecule has 1 aliphatic rings. The number of thioether (sulfide) groups is 1. The van der Waals surface area contributed by atoms with Crippen LogP contribution in [0.2, 0.25) is 0 Å². The summed E-state index contributed by atoms with van der Waals surface area (Å²) in [4.78, 5) is 22.4. The molecule has 5 nitrogen and oxygen atoms in total. The Kier molecular flexibility index (Phi) is 5.07. The number of aliphatic carboxylic acids is 1. The first-order chi connectivity index (χ1) is 8.34. The van der Waals surface area contributed by atoms with E-state index in [1.807, 2.05) is 20.1 Å². The second-order valence-electron chi connectivity index (χ2n) is 4.96. The lowest BCUT2D eigenvalue weighted by atomic mass is 10.1. The summed E-state index contributed by atoms with van der Waals surface area (Å²) in [6, 6.07) is -0.443. The molecule has 0 radical (unpaired) electrons. The Morgan fingerprint density at radius 3 is 2.61 bits per heavy atom. The molecule has 2 atom stereocenters. The van der Waals surface area contributed by atoms with Crippen molar-refractivity contribution in [2.75, 3.05) is 12.8 Å². The highest BCUT2D eigenvalue weighted by molar-refractivity contribution is 7.99. The maximum Gasteiger partial charge on any atom is 0.315 e. The Labute approximate surface area is 111 Å². The van der Waals surface area contributed by atoms with Crippen LogP contribution < -0.4 is 10.6 Å². The number of hydrogen-bond acceptors (Lipinski definition) is 3. The predicted octanol–water partition coefficient (Wildman–Crippen LogP) is 1.46. The van der Waals surface area contributed by atoms with Gasteiger partial charge in [-0.2, -0.15) is 11.8 Å². The number of carboxylic acid groups (broad SMARTS) is 1. The maximum absolute atomic E-state index is 11.6. The van der Waals surface area contributed by atoms with Crippen molar-refractivity contribution >= 4 is 23.8 Å². The molecule has 0 aliphatic heterocycles. The van der Waals surface area contributed by atoms with Gasteiger partial charge in [-0.25, -0.2) is 4.79 Å². The number of carbonyl (C=O) groups excluding carboxylic acids is 1. The minimum Gasteiger partial charge on any atom is -0.481 e. The number of hydrogen-bond donors (Lipinski definition) is 3. The molecule has 0 saturated carbocycles. The number of nitrogens with one attached hydrogen (secondary N) is 2. The van der Waals surface area contributed by atoms with Gasteiger partial charge in [-0.15, -0.1) is 0 Å². The zero-order chi connectivity index (χ0) is 13.8. The van der Waals surface area contributed by atoms with E-state index in [-0.39, 0.29) is 16.8 Å². The molecule has 0 aromatic carbocycles. The first-order valence-electron chi connectivity index (χ1n) is 5.85. The first-order valence-corrected chi connectivity index (χ1v) is 7.07. The molecule has 0 fully saturated rings. The lowest BCUT2D eigenvalue weighted by Crippen LogP contribution is -2.45. The highest BCUT2D eigenvalue weighted by Gasteiger charge is 2.25. The normalized spacial score (nSPS) is 22.8. The van der Waals surface area contributed by atoms with Gasteiger partial charge >= 0.3 is 12.0 Å². The minimum atomic E-state index is -0.848. The van der Waals surface area contributed by atoms with Crippen molar-refractivity contribution < 1.29 is 14.7 Å². The molecule has 102 valence electrons. The van der Waals surface area contributed by atoms with Crippen molar-refractivity contribution in [2.24, 2.45) is 5.92 Å². The molecule has 3 N–H and O–H groups in total. The van der Waals surface area contributed by atoms with E-state index < -0.39 is 11.9 Å². The van der Waals surface area contributed by atoms with Gasteiger partial charge in [0.15, 0.2) is 0 Å². The Hall–Kier alpha value is -1.17. The fraction of sp³-hybridized carbons (Fsp3) is 0.667. The second kappa shape index (κ2) is 6.13. The predicted molar refractivity (Wildman–Crippen MR) is 72.8 cm³/mol. The van der Waals surface area contributed by atoms with E-state index in [1.165, 1.54) is 0 Å². The number of carbonyl (C=O) groups is 2. The summed E-state index contributed by atoms with van der Waals surface area (Å²) in [5, 5.41) is 14.4. The van der Waals surface area contributed by atoms with Crippen molar-refractivity contribution in [2.45, 2.75) is 31.1 Å². The van der Waals surface area contributed by atoms with Crippen LogP contribution in [0, 0.1) is 5.92 Å². The average Bonchev–Trinajstić information content (AvgIpc) is 2.75. The monoisotopic (exact) mass is 272 g/mol. The van der Waals surface area contributed by atoms with E-state index in [2.05, 4.69) is 10.6 Å². The van der Waals surface area contributed by atoms with Crippen LogP contribution in [-0.4, -0.2) is 40.7 Å². The molecule has 0 bridgehead atoms. The molecule has 0 aromatic rings. The third-order valence-electron chi connectivity index (χ3n) is 2.94. The van der Waals surface area contributed by atoms with Crippen LogP contribution in [-0.2, 0) is 4.79 Å². The molecule has 0 heterocycles. The van der Waals surface area contributed by atoms with E-state index >= 15 is 0 Å². The van der Waals surface area contributed by atoms with Gasteiger partial charge in [-0.05, 0) is 26.5 Å². The Morgan fingerprint density at radius 2 is 2.11 bits per heavy atom. The largest absolute Gasteiger partial charge is 0.481 e. The molecule has 1 rings (SSSR count). The third kappa shape index (κ3) is 4.60. The molecule has 0 spiro atoms. The van der Waals surface area contributed by atoms with Gasteiger partial charge in [0, 0.05) is 11.3 Å². The van der Waals surface area contributed by atoms with Crippen LogP contribution in [0.4, 0.5) is 4.79 Å². The highest BCUT2D eigenvalue weighted by Crippen LogP contribution is 2.20. The number of amides is 2. The Morgan fingerprint density at radius 1 is 1.44 bits per heavy atom. The van der Waals surface area contributed by atoms with Crippen molar-refractivity contribution in [1.82, 2.24) is 10.6 Å². The summed E-state index contributed by atoms with van der Waals surface area (Å²) in [5.41, 5.74) is 0. The van der Waals surface area contributed by atoms with E-state index in [1.54, 1.807) is 23.9 Å². The summed E-state index contributed by atoms with van der Waals surface area (Å²) in [6.07, 6.45) is 5.78. The molecule has 2 unspecified atom stereocenters.